The van der Waals surface area contributed by atoms with Crippen LogP contribution in [-0.2, 0) is 14.8 Å². The van der Waals surface area contributed by atoms with Crippen LogP contribution in [0, 0.1) is 13.8 Å². The molecule has 0 radical (unpaired) electrons. The van der Waals surface area contributed by atoms with Crippen molar-refractivity contribution >= 4 is 21.7 Å². The minimum absolute atomic E-state index is 0.0754. The number of piperazine rings is 1. The molecule has 0 atom stereocenters. The van der Waals surface area contributed by atoms with Crippen molar-refractivity contribution < 1.29 is 22.5 Å². The zero-order chi connectivity index (χ0) is 20.3. The highest BCUT2D eigenvalue weighted by atomic mass is 32.2. The van der Waals surface area contributed by atoms with Gasteiger partial charge in [-0.3, -0.25) is 9.59 Å². The monoisotopic (exact) mass is 405 g/mol. The highest BCUT2D eigenvalue weighted by molar-refractivity contribution is 7.89. The number of hydrogen-bond donors (Lipinski definition) is 0. The van der Waals surface area contributed by atoms with Gasteiger partial charge in [0, 0.05) is 44.6 Å². The molecule has 0 unspecified atom stereocenters. The van der Waals surface area contributed by atoms with Gasteiger partial charge >= 0.3 is 0 Å². The first-order valence-electron chi connectivity index (χ1n) is 9.09. The summed E-state index contributed by atoms with van der Waals surface area (Å²) in [5, 5.41) is 3.71. The quantitative estimate of drug-likeness (QED) is 0.679. The molecular weight excluding hydrogens is 382 g/mol. The molecule has 0 saturated carbocycles. The molecule has 28 heavy (non-hydrogen) atoms. The van der Waals surface area contributed by atoms with Crippen LogP contribution in [0.25, 0.3) is 0 Å². The van der Waals surface area contributed by atoms with Crippen molar-refractivity contribution in [3.05, 3.63) is 47.3 Å². The Morgan fingerprint density at radius 1 is 1.04 bits per heavy atom. The number of benzene rings is 1. The van der Waals surface area contributed by atoms with Gasteiger partial charge in [-0.05, 0) is 13.8 Å². The third-order valence-electron chi connectivity index (χ3n) is 4.82. The maximum Gasteiger partial charge on any atom is 0.248 e. The van der Waals surface area contributed by atoms with Gasteiger partial charge < -0.3 is 9.42 Å². The Morgan fingerprint density at radius 2 is 1.68 bits per heavy atom. The summed E-state index contributed by atoms with van der Waals surface area (Å²) in [5.74, 6) is 0.0441. The summed E-state index contributed by atoms with van der Waals surface area (Å²) >= 11 is 0. The van der Waals surface area contributed by atoms with Crippen LogP contribution in [-0.4, -0.2) is 60.6 Å². The van der Waals surface area contributed by atoms with Gasteiger partial charge in [0.2, 0.25) is 15.9 Å². The number of hydrogen-bond acceptors (Lipinski definition) is 6. The van der Waals surface area contributed by atoms with Crippen LogP contribution in [0.1, 0.15) is 34.7 Å². The summed E-state index contributed by atoms with van der Waals surface area (Å²) in [6.45, 7) is 4.14. The summed E-state index contributed by atoms with van der Waals surface area (Å²) in [5.41, 5.74) is 0.918. The molecule has 1 aliphatic rings. The minimum atomic E-state index is -3.71. The zero-order valence-corrected chi connectivity index (χ0v) is 16.7. The van der Waals surface area contributed by atoms with Gasteiger partial charge in [-0.1, -0.05) is 35.5 Å². The Balaban J connectivity index is 1.55. The summed E-state index contributed by atoms with van der Waals surface area (Å²) in [7, 11) is -3.71. The Morgan fingerprint density at radius 3 is 2.25 bits per heavy atom. The van der Waals surface area contributed by atoms with Crippen molar-refractivity contribution in [3.63, 3.8) is 0 Å². The van der Waals surface area contributed by atoms with Crippen molar-refractivity contribution in [1.82, 2.24) is 14.4 Å². The number of Topliss-reactive ketones (excluding diaryl/α,β-unsaturated/α-hetero) is 1. The topological polar surface area (TPSA) is 101 Å². The van der Waals surface area contributed by atoms with Gasteiger partial charge in [-0.2, -0.15) is 4.31 Å². The number of ketones is 1. The van der Waals surface area contributed by atoms with E-state index in [1.165, 1.54) is 4.31 Å². The van der Waals surface area contributed by atoms with E-state index in [9.17, 15) is 18.0 Å². The standard InChI is InChI=1S/C19H23N3O5S/c1-14-19(15(2)27-20-14)28(25,26)22-12-10-21(11-13-22)18(24)9-8-17(23)16-6-4-3-5-7-16/h3-7H,8-13H2,1-2H3. The Bertz CT molecular complexity index is 941. The summed E-state index contributed by atoms with van der Waals surface area (Å²) in [6.07, 6.45) is 0.255. The van der Waals surface area contributed by atoms with E-state index >= 15 is 0 Å². The largest absolute Gasteiger partial charge is 0.360 e. The van der Waals surface area contributed by atoms with Crippen LogP contribution in [0.3, 0.4) is 0 Å². The molecule has 8 nitrogen and oxygen atoms in total. The van der Waals surface area contributed by atoms with Crippen LogP contribution in [0.2, 0.25) is 0 Å². The number of nitrogens with zero attached hydrogens (tertiary/aromatic N) is 3. The lowest BCUT2D eigenvalue weighted by Gasteiger charge is -2.34. The van der Waals surface area contributed by atoms with Crippen LogP contribution >= 0.6 is 0 Å². The molecule has 150 valence electrons. The normalized spacial score (nSPS) is 15.6. The molecule has 0 aliphatic carbocycles. The second-order valence-electron chi connectivity index (χ2n) is 6.73. The lowest BCUT2D eigenvalue weighted by atomic mass is 10.1. The minimum Gasteiger partial charge on any atom is -0.360 e. The van der Waals surface area contributed by atoms with Crippen molar-refractivity contribution in [1.29, 1.82) is 0 Å². The highest BCUT2D eigenvalue weighted by Crippen LogP contribution is 2.24. The van der Waals surface area contributed by atoms with E-state index < -0.39 is 10.0 Å². The van der Waals surface area contributed by atoms with Crippen molar-refractivity contribution in [3.8, 4) is 0 Å². The van der Waals surface area contributed by atoms with E-state index in [1.54, 1.807) is 43.0 Å². The number of aromatic nitrogens is 1. The summed E-state index contributed by atoms with van der Waals surface area (Å²) < 4.78 is 31.9. The van der Waals surface area contributed by atoms with Crippen molar-refractivity contribution in [2.24, 2.45) is 0 Å². The summed E-state index contributed by atoms with van der Waals surface area (Å²) in [6, 6.07) is 8.86. The van der Waals surface area contributed by atoms with E-state index in [2.05, 4.69) is 5.16 Å². The van der Waals surface area contributed by atoms with Crippen molar-refractivity contribution in [2.75, 3.05) is 26.2 Å². The van der Waals surface area contributed by atoms with Gasteiger partial charge in [-0.25, -0.2) is 8.42 Å². The zero-order valence-electron chi connectivity index (χ0n) is 15.9. The maximum absolute atomic E-state index is 12.8. The number of carbonyl (C=O) groups excluding carboxylic acids is 2. The van der Waals surface area contributed by atoms with Crippen LogP contribution in [0.5, 0.6) is 0 Å². The van der Waals surface area contributed by atoms with E-state index in [0.29, 0.717) is 24.3 Å². The molecule has 2 heterocycles. The highest BCUT2D eigenvalue weighted by Gasteiger charge is 2.34. The van der Waals surface area contributed by atoms with E-state index in [-0.39, 0.29) is 48.3 Å². The molecule has 0 bridgehead atoms. The molecule has 1 aromatic heterocycles. The molecule has 1 aliphatic heterocycles. The molecular formula is C19H23N3O5S. The van der Waals surface area contributed by atoms with Crippen LogP contribution in [0.15, 0.2) is 39.8 Å². The SMILES string of the molecule is Cc1noc(C)c1S(=O)(=O)N1CCN(C(=O)CCC(=O)c2ccccc2)CC1. The predicted octanol–water partition coefficient (Wildman–Crippen LogP) is 1.79. The first kappa shape index (κ1) is 20.2. The molecule has 0 spiro atoms. The van der Waals surface area contributed by atoms with Gasteiger partial charge in [-0.15, -0.1) is 0 Å². The van der Waals surface area contributed by atoms with Crippen LogP contribution < -0.4 is 0 Å². The van der Waals surface area contributed by atoms with Crippen LogP contribution in [0.4, 0.5) is 0 Å². The second-order valence-corrected chi connectivity index (χ2v) is 8.60. The smallest absolute Gasteiger partial charge is 0.248 e. The molecule has 1 aromatic carbocycles. The molecule has 1 amide bonds. The Labute approximate surface area is 164 Å². The maximum atomic E-state index is 12.8. The first-order valence-corrected chi connectivity index (χ1v) is 10.5. The Hall–Kier alpha value is -2.52. The molecule has 1 fully saturated rings. The van der Waals surface area contributed by atoms with Gasteiger partial charge in [0.1, 0.15) is 10.6 Å². The number of amides is 1. The Kier molecular flexibility index (Phi) is 5.95. The second kappa shape index (κ2) is 8.24. The third-order valence-corrected chi connectivity index (χ3v) is 6.96. The lowest BCUT2D eigenvalue weighted by Crippen LogP contribution is -2.50. The fraction of sp³-hybridized carbons (Fsp3) is 0.421. The average molecular weight is 405 g/mol. The molecule has 1 saturated heterocycles. The van der Waals surface area contributed by atoms with Gasteiger partial charge in [0.05, 0.1) is 0 Å². The molecule has 0 N–H and O–H groups in total. The number of sulfonamides is 1. The third kappa shape index (κ3) is 4.15. The molecule has 3 rings (SSSR count). The average Bonchev–Trinajstić information content (AvgIpc) is 3.05. The molecule has 2 aromatic rings. The first-order chi connectivity index (χ1) is 13.3. The number of aryl methyl sites for hydroxylation is 2. The fourth-order valence-electron chi connectivity index (χ4n) is 3.30. The van der Waals surface area contributed by atoms with Gasteiger partial charge in [0.25, 0.3) is 0 Å². The molecule has 9 heteroatoms. The fourth-order valence-corrected chi connectivity index (χ4v) is 5.01. The lowest BCUT2D eigenvalue weighted by molar-refractivity contribution is -0.132. The number of rotatable bonds is 6. The van der Waals surface area contributed by atoms with E-state index in [0.717, 1.165) is 0 Å². The van der Waals surface area contributed by atoms with Gasteiger partial charge in [0.15, 0.2) is 11.5 Å². The van der Waals surface area contributed by atoms with Crippen molar-refractivity contribution in [2.45, 2.75) is 31.6 Å². The number of carbonyl (C=O) groups is 2. The summed E-state index contributed by atoms with van der Waals surface area (Å²) in [4.78, 5) is 26.3. The van der Waals surface area contributed by atoms with E-state index in [4.69, 9.17) is 4.52 Å². The predicted molar refractivity (Wildman–Crippen MR) is 101 cm³/mol. The van der Waals surface area contributed by atoms with E-state index in [1.807, 2.05) is 6.07 Å².